The molecule has 2 aliphatic heterocycles. The zero-order valence-electron chi connectivity index (χ0n) is 11.4. The van der Waals surface area contributed by atoms with Gasteiger partial charge in [-0.3, -0.25) is 4.79 Å². The van der Waals surface area contributed by atoms with E-state index in [9.17, 15) is 4.79 Å². The van der Waals surface area contributed by atoms with E-state index in [1.807, 2.05) is 6.07 Å². The molecule has 1 atom stereocenters. The van der Waals surface area contributed by atoms with Gasteiger partial charge < -0.3 is 20.3 Å². The fourth-order valence-corrected chi connectivity index (χ4v) is 2.63. The number of piperazine rings is 1. The largest absolute Gasteiger partial charge is 0.373 e. The van der Waals surface area contributed by atoms with Crippen LogP contribution in [0.2, 0.25) is 0 Å². The highest BCUT2D eigenvalue weighted by molar-refractivity contribution is 5.92. The lowest BCUT2D eigenvalue weighted by atomic mass is 10.1. The van der Waals surface area contributed by atoms with Crippen molar-refractivity contribution in [3.05, 3.63) is 23.5 Å². The fourth-order valence-electron chi connectivity index (χ4n) is 2.63. The van der Waals surface area contributed by atoms with Gasteiger partial charge in [0.05, 0.1) is 30.6 Å². The zero-order chi connectivity index (χ0) is 13.2. The summed E-state index contributed by atoms with van der Waals surface area (Å²) in [6, 6.07) is 4.12. The Kier molecular flexibility index (Phi) is 4.80. The van der Waals surface area contributed by atoms with Crippen LogP contribution in [0.5, 0.6) is 0 Å². The molecule has 3 rings (SSSR count). The lowest BCUT2D eigenvalue weighted by molar-refractivity contribution is 0.0954. The van der Waals surface area contributed by atoms with E-state index in [1.165, 1.54) is 0 Å². The van der Waals surface area contributed by atoms with Gasteiger partial charge in [0.1, 0.15) is 5.69 Å². The highest BCUT2D eigenvalue weighted by Crippen LogP contribution is 2.26. The Balaban J connectivity index is 0.00000147. The van der Waals surface area contributed by atoms with Crippen LogP contribution in [-0.4, -0.2) is 50.2 Å². The number of rotatable bonds is 1. The highest BCUT2D eigenvalue weighted by atomic mass is 35.5. The Morgan fingerprint density at radius 2 is 2.40 bits per heavy atom. The smallest absolute Gasteiger partial charge is 0.269 e. The van der Waals surface area contributed by atoms with Crippen LogP contribution in [0.25, 0.3) is 0 Å². The first-order valence-electron chi connectivity index (χ1n) is 6.56. The second kappa shape index (κ2) is 6.39. The van der Waals surface area contributed by atoms with E-state index in [1.54, 1.807) is 13.1 Å². The van der Waals surface area contributed by atoms with Crippen molar-refractivity contribution < 1.29 is 9.53 Å². The first-order valence-corrected chi connectivity index (χ1v) is 6.56. The van der Waals surface area contributed by atoms with Gasteiger partial charge in [-0.1, -0.05) is 0 Å². The van der Waals surface area contributed by atoms with Crippen LogP contribution in [0, 0.1) is 0 Å². The number of nitrogens with zero attached hydrogens (tertiary/aromatic N) is 2. The predicted molar refractivity (Wildman–Crippen MR) is 78.5 cm³/mol. The third kappa shape index (κ3) is 2.72. The fraction of sp³-hybridized carbons (Fsp3) is 0.538. The highest BCUT2D eigenvalue weighted by Gasteiger charge is 2.28. The summed E-state index contributed by atoms with van der Waals surface area (Å²) < 4.78 is 5.68. The first-order chi connectivity index (χ1) is 9.29. The van der Waals surface area contributed by atoms with Crippen molar-refractivity contribution in [2.24, 2.45) is 0 Å². The molecule has 1 saturated heterocycles. The van der Waals surface area contributed by atoms with Crippen LogP contribution in [0.1, 0.15) is 16.2 Å². The molecule has 1 fully saturated rings. The summed E-state index contributed by atoms with van der Waals surface area (Å²) in [4.78, 5) is 18.4. The lowest BCUT2D eigenvalue weighted by Gasteiger charge is -2.36. The van der Waals surface area contributed by atoms with E-state index in [-0.39, 0.29) is 18.3 Å². The van der Waals surface area contributed by atoms with Gasteiger partial charge in [-0.2, -0.15) is 0 Å². The number of ether oxygens (including phenoxy) is 1. The molecular weight excluding hydrogens is 280 g/mol. The van der Waals surface area contributed by atoms with E-state index >= 15 is 0 Å². The summed E-state index contributed by atoms with van der Waals surface area (Å²) >= 11 is 0. The van der Waals surface area contributed by atoms with Crippen LogP contribution in [0.4, 0.5) is 5.69 Å². The topological polar surface area (TPSA) is 66.5 Å². The van der Waals surface area contributed by atoms with E-state index in [4.69, 9.17) is 4.74 Å². The Labute approximate surface area is 124 Å². The molecule has 0 radical (unpaired) electrons. The summed E-state index contributed by atoms with van der Waals surface area (Å²) in [5.74, 6) is -0.163. The second-order valence-corrected chi connectivity index (χ2v) is 4.81. The number of amides is 1. The third-order valence-electron chi connectivity index (χ3n) is 3.62. The number of nitrogens with one attached hydrogen (secondary N) is 2. The number of carbonyl (C=O) groups is 1. The van der Waals surface area contributed by atoms with Crippen molar-refractivity contribution in [2.45, 2.75) is 12.6 Å². The van der Waals surface area contributed by atoms with Gasteiger partial charge >= 0.3 is 0 Å². The molecule has 2 aliphatic rings. The molecule has 0 aliphatic carbocycles. The molecular formula is C13H19ClN4O2. The lowest BCUT2D eigenvalue weighted by Crippen LogP contribution is -2.53. The number of halogens is 1. The first kappa shape index (κ1) is 15.0. The van der Waals surface area contributed by atoms with Gasteiger partial charge in [0.2, 0.25) is 0 Å². The quantitative estimate of drug-likeness (QED) is 0.774. The molecule has 0 bridgehead atoms. The minimum absolute atomic E-state index is 0. The maximum atomic E-state index is 11.6. The minimum Gasteiger partial charge on any atom is -0.373 e. The molecule has 1 aromatic heterocycles. The molecule has 2 N–H and O–H groups in total. The van der Waals surface area contributed by atoms with Gasteiger partial charge in [0, 0.05) is 26.7 Å². The number of aromatic nitrogens is 1. The van der Waals surface area contributed by atoms with Crippen LogP contribution in [-0.2, 0) is 11.3 Å². The summed E-state index contributed by atoms with van der Waals surface area (Å²) in [5, 5.41) is 5.97. The number of hydrogen-bond acceptors (Lipinski definition) is 5. The van der Waals surface area contributed by atoms with Crippen LogP contribution in [0.15, 0.2) is 12.1 Å². The average molecular weight is 299 g/mol. The number of pyridine rings is 1. The summed E-state index contributed by atoms with van der Waals surface area (Å²) in [7, 11) is 1.61. The van der Waals surface area contributed by atoms with Crippen molar-refractivity contribution in [2.75, 3.05) is 38.2 Å². The normalized spacial score (nSPS) is 21.1. The Morgan fingerprint density at radius 1 is 1.55 bits per heavy atom. The Hall–Kier alpha value is -1.37. The predicted octanol–water partition coefficient (Wildman–Crippen LogP) is 0.171. The molecule has 20 heavy (non-hydrogen) atoms. The number of anilines is 1. The minimum atomic E-state index is -0.163. The number of hydrogen-bond donors (Lipinski definition) is 2. The molecule has 7 heteroatoms. The molecule has 1 amide bonds. The summed E-state index contributed by atoms with van der Waals surface area (Å²) in [5.41, 5.74) is 2.39. The molecule has 6 nitrogen and oxygen atoms in total. The average Bonchev–Trinajstić information content (AvgIpc) is 2.65. The van der Waals surface area contributed by atoms with E-state index < -0.39 is 0 Å². The summed E-state index contributed by atoms with van der Waals surface area (Å²) in [6.07, 6.45) is 0. The zero-order valence-corrected chi connectivity index (χ0v) is 12.2. The van der Waals surface area contributed by atoms with Crippen molar-refractivity contribution in [1.29, 1.82) is 0 Å². The number of fused-ring (bicyclic) bond motifs is 3. The van der Waals surface area contributed by atoms with Crippen LogP contribution >= 0.6 is 12.4 Å². The molecule has 1 aromatic rings. The number of carbonyl (C=O) groups excluding carboxylic acids is 1. The Bertz CT molecular complexity index is 497. The van der Waals surface area contributed by atoms with Crippen molar-refractivity contribution in [1.82, 2.24) is 15.6 Å². The molecule has 0 unspecified atom stereocenters. The standard InChI is InChI=1S/C13H18N4O2.ClH/c1-14-13(18)10-2-3-12-11(16-10)8-19-7-9-6-15-4-5-17(9)12;/h2-3,9,15H,4-8H2,1H3,(H,14,18);1H/t9-;/m1./s1. The second-order valence-electron chi connectivity index (χ2n) is 4.81. The monoisotopic (exact) mass is 298 g/mol. The van der Waals surface area contributed by atoms with E-state index in [0.29, 0.717) is 24.9 Å². The van der Waals surface area contributed by atoms with Gasteiger partial charge in [-0.05, 0) is 12.1 Å². The van der Waals surface area contributed by atoms with Crippen molar-refractivity contribution in [3.8, 4) is 0 Å². The van der Waals surface area contributed by atoms with Gasteiger partial charge in [-0.15, -0.1) is 12.4 Å². The van der Waals surface area contributed by atoms with Crippen molar-refractivity contribution >= 4 is 24.0 Å². The molecule has 0 spiro atoms. The molecule has 110 valence electrons. The molecule has 0 aromatic carbocycles. The van der Waals surface area contributed by atoms with Gasteiger partial charge in [0.25, 0.3) is 5.91 Å². The van der Waals surface area contributed by atoms with E-state index in [2.05, 4.69) is 20.5 Å². The Morgan fingerprint density at radius 3 is 3.20 bits per heavy atom. The summed E-state index contributed by atoms with van der Waals surface area (Å²) in [6.45, 7) is 4.00. The van der Waals surface area contributed by atoms with Gasteiger partial charge in [0.15, 0.2) is 0 Å². The van der Waals surface area contributed by atoms with Crippen LogP contribution in [0.3, 0.4) is 0 Å². The molecule has 3 heterocycles. The molecule has 0 saturated carbocycles. The maximum absolute atomic E-state index is 11.6. The maximum Gasteiger partial charge on any atom is 0.269 e. The van der Waals surface area contributed by atoms with Gasteiger partial charge in [-0.25, -0.2) is 4.98 Å². The van der Waals surface area contributed by atoms with Crippen molar-refractivity contribution in [3.63, 3.8) is 0 Å². The van der Waals surface area contributed by atoms with Crippen LogP contribution < -0.4 is 15.5 Å². The SMILES string of the molecule is CNC(=O)c1ccc2c(n1)COC[C@H]1CNCCN21.Cl. The third-order valence-corrected chi connectivity index (χ3v) is 3.62. The van der Waals surface area contributed by atoms with E-state index in [0.717, 1.165) is 31.0 Å².